The highest BCUT2D eigenvalue weighted by molar-refractivity contribution is 4.84. The number of terminal acetylenes is 2. The standard InChI is InChI=1S/C12H20N2O4/c1-3-5-16-8-10(13)9-18-12(11(14)7-15)17-6-4-2/h1-2,10-12,15H,5-9,13-14H2. The quantitative estimate of drug-likeness (QED) is 0.244. The fourth-order valence-corrected chi connectivity index (χ4v) is 1.05. The Kier molecular flexibility index (Phi) is 10.3. The molecule has 0 amide bonds. The number of rotatable bonds is 10. The summed E-state index contributed by atoms with van der Waals surface area (Å²) in [6, 6.07) is -1.04. The van der Waals surface area contributed by atoms with Gasteiger partial charge in [-0.25, -0.2) is 0 Å². The van der Waals surface area contributed by atoms with Crippen LogP contribution in [0.25, 0.3) is 0 Å². The van der Waals surface area contributed by atoms with Gasteiger partial charge in [-0.1, -0.05) is 11.8 Å². The van der Waals surface area contributed by atoms with Gasteiger partial charge < -0.3 is 30.8 Å². The van der Waals surface area contributed by atoms with E-state index in [0.29, 0.717) is 0 Å². The van der Waals surface area contributed by atoms with Crippen molar-refractivity contribution in [1.29, 1.82) is 0 Å². The molecule has 0 aromatic heterocycles. The first-order valence-corrected chi connectivity index (χ1v) is 5.45. The summed E-state index contributed by atoms with van der Waals surface area (Å²) in [5.74, 6) is 4.61. The Morgan fingerprint density at radius 3 is 2.28 bits per heavy atom. The molecule has 0 saturated carbocycles. The normalized spacial score (nSPS) is 15.4. The fourth-order valence-electron chi connectivity index (χ4n) is 1.05. The lowest BCUT2D eigenvalue weighted by Crippen LogP contribution is -2.44. The van der Waals surface area contributed by atoms with Crippen molar-refractivity contribution in [2.75, 3.05) is 33.0 Å². The maximum absolute atomic E-state index is 8.93. The summed E-state index contributed by atoms with van der Waals surface area (Å²) in [5.41, 5.74) is 11.3. The molecule has 0 aliphatic carbocycles. The molecule has 0 aromatic carbocycles. The van der Waals surface area contributed by atoms with E-state index >= 15 is 0 Å². The van der Waals surface area contributed by atoms with Crippen LogP contribution in [0, 0.1) is 24.7 Å². The number of aliphatic hydroxyl groups excluding tert-OH is 1. The smallest absolute Gasteiger partial charge is 0.176 e. The molecule has 0 rings (SSSR count). The van der Waals surface area contributed by atoms with Crippen molar-refractivity contribution >= 4 is 0 Å². The van der Waals surface area contributed by atoms with E-state index in [-0.39, 0.29) is 39.1 Å². The Bertz CT molecular complexity index is 285. The molecule has 6 heteroatoms. The van der Waals surface area contributed by atoms with E-state index < -0.39 is 12.3 Å². The molecule has 0 saturated heterocycles. The molecule has 18 heavy (non-hydrogen) atoms. The van der Waals surface area contributed by atoms with Crippen molar-refractivity contribution in [2.24, 2.45) is 11.5 Å². The maximum atomic E-state index is 8.93. The molecule has 0 aromatic rings. The van der Waals surface area contributed by atoms with E-state index in [4.69, 9.17) is 43.6 Å². The predicted molar refractivity (Wildman–Crippen MR) is 67.2 cm³/mol. The molecule has 6 nitrogen and oxygen atoms in total. The molecule has 5 N–H and O–H groups in total. The zero-order valence-electron chi connectivity index (χ0n) is 10.2. The minimum absolute atomic E-state index is 0.0429. The zero-order chi connectivity index (χ0) is 13.8. The third-order valence-electron chi connectivity index (χ3n) is 1.88. The molecule has 0 aliphatic heterocycles. The molecule has 3 atom stereocenters. The first-order valence-electron chi connectivity index (χ1n) is 5.45. The summed E-state index contributed by atoms with van der Waals surface area (Å²) in [5, 5.41) is 8.93. The second-order valence-electron chi connectivity index (χ2n) is 3.54. The van der Waals surface area contributed by atoms with Crippen LogP contribution < -0.4 is 11.5 Å². The van der Waals surface area contributed by atoms with Gasteiger partial charge in [0, 0.05) is 0 Å². The molecule has 3 unspecified atom stereocenters. The number of ether oxygens (including phenoxy) is 3. The molecule has 0 heterocycles. The van der Waals surface area contributed by atoms with E-state index in [9.17, 15) is 0 Å². The van der Waals surface area contributed by atoms with Gasteiger partial charge in [-0.3, -0.25) is 0 Å². The third kappa shape index (κ3) is 8.04. The molecular formula is C12H20N2O4. The van der Waals surface area contributed by atoms with E-state index in [2.05, 4.69) is 11.8 Å². The van der Waals surface area contributed by atoms with Crippen molar-refractivity contribution in [2.45, 2.75) is 18.4 Å². The third-order valence-corrected chi connectivity index (χ3v) is 1.88. The highest BCUT2D eigenvalue weighted by atomic mass is 16.7. The van der Waals surface area contributed by atoms with Gasteiger partial charge in [-0.15, -0.1) is 12.8 Å². The second kappa shape index (κ2) is 11.0. The average molecular weight is 256 g/mol. The average Bonchev–Trinajstić information content (AvgIpc) is 2.38. The van der Waals surface area contributed by atoms with E-state index in [0.717, 1.165) is 0 Å². The number of hydrogen-bond donors (Lipinski definition) is 3. The lowest BCUT2D eigenvalue weighted by Gasteiger charge is -2.23. The van der Waals surface area contributed by atoms with Gasteiger partial charge in [0.05, 0.1) is 31.9 Å². The topological polar surface area (TPSA) is 100.0 Å². The van der Waals surface area contributed by atoms with Gasteiger partial charge in [0.1, 0.15) is 13.2 Å². The van der Waals surface area contributed by atoms with Crippen LogP contribution in [0.1, 0.15) is 0 Å². The maximum Gasteiger partial charge on any atom is 0.176 e. The van der Waals surface area contributed by atoms with Crippen LogP contribution in [0.4, 0.5) is 0 Å². The first-order chi connectivity index (χ1) is 8.65. The number of hydrogen-bond acceptors (Lipinski definition) is 6. The van der Waals surface area contributed by atoms with Crippen molar-refractivity contribution in [1.82, 2.24) is 0 Å². The van der Waals surface area contributed by atoms with Gasteiger partial charge in [0.25, 0.3) is 0 Å². The van der Waals surface area contributed by atoms with Crippen molar-refractivity contribution in [3.63, 3.8) is 0 Å². The summed E-state index contributed by atoms with van der Waals surface area (Å²) in [6.45, 7) is 0.383. The van der Waals surface area contributed by atoms with E-state index in [1.807, 2.05) is 0 Å². The zero-order valence-corrected chi connectivity index (χ0v) is 10.2. The van der Waals surface area contributed by atoms with Gasteiger partial charge in [-0.05, 0) is 0 Å². The summed E-state index contributed by atoms with van der Waals surface area (Å²) in [6.07, 6.45) is 9.28. The van der Waals surface area contributed by atoms with Crippen LogP contribution in [0.5, 0.6) is 0 Å². The number of aliphatic hydroxyl groups is 1. The summed E-state index contributed by atoms with van der Waals surface area (Å²) < 4.78 is 15.5. The van der Waals surface area contributed by atoms with Crippen LogP contribution >= 0.6 is 0 Å². The summed E-state index contributed by atoms with van der Waals surface area (Å²) >= 11 is 0. The van der Waals surface area contributed by atoms with Crippen molar-refractivity contribution in [3.05, 3.63) is 0 Å². The van der Waals surface area contributed by atoms with Crippen LogP contribution in [-0.2, 0) is 14.2 Å². The SMILES string of the molecule is C#CCOCC(N)COC(OCC#C)C(N)CO. The van der Waals surface area contributed by atoms with Crippen molar-refractivity contribution in [3.8, 4) is 24.7 Å². The minimum Gasteiger partial charge on any atom is -0.395 e. The van der Waals surface area contributed by atoms with E-state index in [1.165, 1.54) is 0 Å². The van der Waals surface area contributed by atoms with Crippen molar-refractivity contribution < 1.29 is 19.3 Å². The summed E-state index contributed by atoms with van der Waals surface area (Å²) in [4.78, 5) is 0. The number of nitrogens with two attached hydrogens (primary N) is 2. The van der Waals surface area contributed by atoms with Crippen LogP contribution in [0.3, 0.4) is 0 Å². The van der Waals surface area contributed by atoms with Gasteiger partial charge in [-0.2, -0.15) is 0 Å². The Hall–Kier alpha value is -1.12. The monoisotopic (exact) mass is 256 g/mol. The lowest BCUT2D eigenvalue weighted by molar-refractivity contribution is -0.155. The van der Waals surface area contributed by atoms with Crippen LogP contribution in [-0.4, -0.2) is 56.5 Å². The van der Waals surface area contributed by atoms with E-state index in [1.54, 1.807) is 0 Å². The van der Waals surface area contributed by atoms with Gasteiger partial charge >= 0.3 is 0 Å². The Morgan fingerprint density at radius 2 is 1.72 bits per heavy atom. The first kappa shape index (κ1) is 16.9. The molecule has 102 valence electrons. The molecule has 0 fully saturated rings. The Morgan fingerprint density at radius 1 is 1.06 bits per heavy atom. The minimum atomic E-state index is -0.801. The molecule has 0 radical (unpaired) electrons. The molecule has 0 aliphatic rings. The van der Waals surface area contributed by atoms with Gasteiger partial charge in [0.2, 0.25) is 0 Å². The van der Waals surface area contributed by atoms with Gasteiger partial charge in [0.15, 0.2) is 6.29 Å². The predicted octanol–water partition coefficient (Wildman–Crippen LogP) is -1.72. The second-order valence-corrected chi connectivity index (χ2v) is 3.54. The lowest BCUT2D eigenvalue weighted by atomic mass is 10.3. The van der Waals surface area contributed by atoms with Crippen LogP contribution in [0.2, 0.25) is 0 Å². The molecule has 0 bridgehead atoms. The molecule has 0 spiro atoms. The molecular weight excluding hydrogens is 236 g/mol. The highest BCUT2D eigenvalue weighted by Crippen LogP contribution is 2.00. The Labute approximate surface area is 108 Å². The summed E-state index contributed by atoms with van der Waals surface area (Å²) in [7, 11) is 0. The fraction of sp³-hybridized carbons (Fsp3) is 0.667. The Balaban J connectivity index is 3.94. The van der Waals surface area contributed by atoms with Crippen LogP contribution in [0.15, 0.2) is 0 Å². The largest absolute Gasteiger partial charge is 0.395 e. The highest BCUT2D eigenvalue weighted by Gasteiger charge is 2.19.